The Morgan fingerprint density at radius 2 is 2.04 bits per heavy atom. The van der Waals surface area contributed by atoms with E-state index in [1.54, 1.807) is 12.5 Å². The second-order valence-corrected chi connectivity index (χ2v) is 5.56. The molecule has 0 saturated carbocycles. The van der Waals surface area contributed by atoms with E-state index in [4.69, 9.17) is 4.74 Å². The van der Waals surface area contributed by atoms with E-state index in [1.807, 2.05) is 42.0 Å². The van der Waals surface area contributed by atoms with Crippen LogP contribution in [0.25, 0.3) is 10.8 Å². The van der Waals surface area contributed by atoms with E-state index in [0.717, 1.165) is 22.8 Å². The average molecular weight is 308 g/mol. The van der Waals surface area contributed by atoms with Crippen molar-refractivity contribution in [1.82, 2.24) is 9.55 Å². The third-order valence-corrected chi connectivity index (χ3v) is 3.83. The van der Waals surface area contributed by atoms with Crippen molar-refractivity contribution < 1.29 is 9.53 Å². The van der Waals surface area contributed by atoms with Crippen molar-refractivity contribution in [3.05, 3.63) is 66.7 Å². The molecule has 2 aromatic carbocycles. The van der Waals surface area contributed by atoms with Gasteiger partial charge < -0.3 is 9.30 Å². The minimum Gasteiger partial charge on any atom is -0.456 e. The lowest BCUT2D eigenvalue weighted by molar-refractivity contribution is -0.150. The standard InChI is InChI=1S/C19H20N2O2/c1-2-6-19(22)23-18(13-21-12-11-20-14-21)17-10-5-8-15-7-3-4-9-16(15)17/h3-5,7-12,14,18H,2,6,13H2,1H3. The molecule has 0 bridgehead atoms. The van der Waals surface area contributed by atoms with Gasteiger partial charge in [-0.1, -0.05) is 49.4 Å². The molecule has 1 heterocycles. The van der Waals surface area contributed by atoms with Crippen molar-refractivity contribution in [3.8, 4) is 0 Å². The number of hydrogen-bond acceptors (Lipinski definition) is 3. The molecule has 0 spiro atoms. The number of rotatable bonds is 6. The molecule has 0 aliphatic carbocycles. The zero-order valence-corrected chi connectivity index (χ0v) is 13.2. The van der Waals surface area contributed by atoms with Crippen LogP contribution < -0.4 is 0 Å². The fraction of sp³-hybridized carbons (Fsp3) is 0.263. The molecule has 0 amide bonds. The third kappa shape index (κ3) is 3.59. The number of benzene rings is 2. The van der Waals surface area contributed by atoms with E-state index in [9.17, 15) is 4.79 Å². The quantitative estimate of drug-likeness (QED) is 0.643. The Kier molecular flexibility index (Phi) is 4.71. The molecule has 0 N–H and O–H groups in total. The lowest BCUT2D eigenvalue weighted by atomic mass is 10.00. The van der Waals surface area contributed by atoms with Gasteiger partial charge in [0.25, 0.3) is 0 Å². The van der Waals surface area contributed by atoms with Crippen LogP contribution in [0.1, 0.15) is 31.4 Å². The molecular weight excluding hydrogens is 288 g/mol. The highest BCUT2D eigenvalue weighted by molar-refractivity contribution is 5.86. The molecule has 4 heteroatoms. The van der Waals surface area contributed by atoms with Gasteiger partial charge in [0.1, 0.15) is 6.10 Å². The number of imidazole rings is 1. The van der Waals surface area contributed by atoms with Gasteiger partial charge in [0.15, 0.2) is 0 Å². The van der Waals surface area contributed by atoms with Gasteiger partial charge in [0.2, 0.25) is 0 Å². The highest BCUT2D eigenvalue weighted by Gasteiger charge is 2.19. The number of carbonyl (C=O) groups is 1. The molecule has 1 atom stereocenters. The molecule has 118 valence electrons. The number of nitrogens with zero attached hydrogens (tertiary/aromatic N) is 2. The summed E-state index contributed by atoms with van der Waals surface area (Å²) in [6, 6.07) is 14.3. The van der Waals surface area contributed by atoms with E-state index < -0.39 is 0 Å². The normalized spacial score (nSPS) is 12.2. The summed E-state index contributed by atoms with van der Waals surface area (Å²) in [6.45, 7) is 2.54. The lowest BCUT2D eigenvalue weighted by Crippen LogP contribution is -2.16. The fourth-order valence-electron chi connectivity index (χ4n) is 2.74. The van der Waals surface area contributed by atoms with Crippen LogP contribution in [0, 0.1) is 0 Å². The van der Waals surface area contributed by atoms with Gasteiger partial charge in [0.05, 0.1) is 12.9 Å². The zero-order valence-electron chi connectivity index (χ0n) is 13.2. The summed E-state index contributed by atoms with van der Waals surface area (Å²) in [5.41, 5.74) is 1.03. The van der Waals surface area contributed by atoms with E-state index >= 15 is 0 Å². The van der Waals surface area contributed by atoms with Gasteiger partial charge in [-0.15, -0.1) is 0 Å². The SMILES string of the molecule is CCCC(=O)OC(Cn1ccnc1)c1cccc2ccccc12. The van der Waals surface area contributed by atoms with Crippen LogP contribution in [0.4, 0.5) is 0 Å². The highest BCUT2D eigenvalue weighted by Crippen LogP contribution is 2.28. The summed E-state index contributed by atoms with van der Waals surface area (Å²) >= 11 is 0. The van der Waals surface area contributed by atoms with Crippen LogP contribution in [0.3, 0.4) is 0 Å². The highest BCUT2D eigenvalue weighted by atomic mass is 16.5. The summed E-state index contributed by atoms with van der Waals surface area (Å²) in [7, 11) is 0. The molecule has 0 aliphatic rings. The van der Waals surface area contributed by atoms with Gasteiger partial charge in [0, 0.05) is 24.4 Å². The van der Waals surface area contributed by atoms with Crippen molar-refractivity contribution in [2.45, 2.75) is 32.4 Å². The van der Waals surface area contributed by atoms with Crippen LogP contribution in [0.15, 0.2) is 61.2 Å². The molecule has 1 unspecified atom stereocenters. The van der Waals surface area contributed by atoms with Crippen LogP contribution >= 0.6 is 0 Å². The number of aromatic nitrogens is 2. The first-order valence-electron chi connectivity index (χ1n) is 7.91. The van der Waals surface area contributed by atoms with Gasteiger partial charge in [-0.05, 0) is 17.2 Å². The second kappa shape index (κ2) is 7.09. The molecule has 3 aromatic rings. The van der Waals surface area contributed by atoms with Gasteiger partial charge in [-0.3, -0.25) is 4.79 Å². The molecular formula is C19H20N2O2. The topological polar surface area (TPSA) is 44.1 Å². The minimum absolute atomic E-state index is 0.162. The molecule has 1 aromatic heterocycles. The predicted octanol–water partition coefficient (Wildman–Crippen LogP) is 4.12. The van der Waals surface area contributed by atoms with Crippen LogP contribution in [-0.2, 0) is 16.1 Å². The Morgan fingerprint density at radius 3 is 2.83 bits per heavy atom. The Hall–Kier alpha value is -2.62. The van der Waals surface area contributed by atoms with E-state index in [-0.39, 0.29) is 12.1 Å². The molecule has 0 aliphatic heterocycles. The summed E-state index contributed by atoms with van der Waals surface area (Å²) in [4.78, 5) is 16.1. The third-order valence-electron chi connectivity index (χ3n) is 3.83. The van der Waals surface area contributed by atoms with Crippen molar-refractivity contribution in [1.29, 1.82) is 0 Å². The second-order valence-electron chi connectivity index (χ2n) is 5.56. The van der Waals surface area contributed by atoms with Gasteiger partial charge in [-0.25, -0.2) is 4.98 Å². The Labute approximate surface area is 135 Å². The summed E-state index contributed by atoms with van der Waals surface area (Å²) in [5, 5.41) is 2.26. The molecule has 3 rings (SSSR count). The van der Waals surface area contributed by atoms with Crippen LogP contribution in [0.5, 0.6) is 0 Å². The Morgan fingerprint density at radius 1 is 1.22 bits per heavy atom. The number of carbonyl (C=O) groups excluding carboxylic acids is 1. The van der Waals surface area contributed by atoms with E-state index in [2.05, 4.69) is 23.2 Å². The summed E-state index contributed by atoms with van der Waals surface area (Å²) < 4.78 is 7.71. The molecule has 0 radical (unpaired) electrons. The predicted molar refractivity (Wildman–Crippen MR) is 89.9 cm³/mol. The number of fused-ring (bicyclic) bond motifs is 1. The van der Waals surface area contributed by atoms with E-state index in [1.165, 1.54) is 0 Å². The van der Waals surface area contributed by atoms with Crippen molar-refractivity contribution >= 4 is 16.7 Å². The first-order valence-corrected chi connectivity index (χ1v) is 7.91. The molecule has 0 saturated heterocycles. The molecule has 0 fully saturated rings. The van der Waals surface area contributed by atoms with Crippen molar-refractivity contribution in [2.75, 3.05) is 0 Å². The van der Waals surface area contributed by atoms with Crippen LogP contribution in [-0.4, -0.2) is 15.5 Å². The first kappa shape index (κ1) is 15.3. The number of hydrogen-bond donors (Lipinski definition) is 0. The smallest absolute Gasteiger partial charge is 0.306 e. The summed E-state index contributed by atoms with van der Waals surface area (Å²) in [6.07, 6.45) is 6.25. The number of ether oxygens (including phenoxy) is 1. The number of esters is 1. The fourth-order valence-corrected chi connectivity index (χ4v) is 2.74. The van der Waals surface area contributed by atoms with Gasteiger partial charge in [-0.2, -0.15) is 0 Å². The largest absolute Gasteiger partial charge is 0.456 e. The van der Waals surface area contributed by atoms with Crippen molar-refractivity contribution in [3.63, 3.8) is 0 Å². The minimum atomic E-state index is -0.325. The monoisotopic (exact) mass is 308 g/mol. The lowest BCUT2D eigenvalue weighted by Gasteiger charge is -2.20. The first-order chi connectivity index (χ1) is 11.3. The maximum absolute atomic E-state index is 12.0. The van der Waals surface area contributed by atoms with E-state index in [0.29, 0.717) is 13.0 Å². The van der Waals surface area contributed by atoms with Gasteiger partial charge >= 0.3 is 5.97 Å². The zero-order chi connectivity index (χ0) is 16.1. The summed E-state index contributed by atoms with van der Waals surface area (Å²) in [5.74, 6) is -0.162. The Balaban J connectivity index is 1.97. The van der Waals surface area contributed by atoms with Crippen LogP contribution in [0.2, 0.25) is 0 Å². The average Bonchev–Trinajstić information content (AvgIpc) is 3.07. The Bertz CT molecular complexity index is 776. The molecule has 4 nitrogen and oxygen atoms in total. The van der Waals surface area contributed by atoms with Crippen molar-refractivity contribution in [2.24, 2.45) is 0 Å². The maximum Gasteiger partial charge on any atom is 0.306 e. The maximum atomic E-state index is 12.0. The molecule has 23 heavy (non-hydrogen) atoms.